The van der Waals surface area contributed by atoms with E-state index in [-0.39, 0.29) is 5.56 Å². The summed E-state index contributed by atoms with van der Waals surface area (Å²) in [5.41, 5.74) is 2.10. The Balaban J connectivity index is 0.000000195. The highest BCUT2D eigenvalue weighted by molar-refractivity contribution is 5.89. The summed E-state index contributed by atoms with van der Waals surface area (Å²) in [4.78, 5) is 10.8. The molecule has 0 amide bonds. The number of benzene rings is 2. The SMILES string of the molecule is CCC1CCC(C)CC1.CCCc1cccc(C(C)(F)F)c1.Cc1nc(N(C)C)c2ccccc2n1. The second-order valence-corrected chi connectivity index (χ2v) is 10.4. The predicted molar refractivity (Wildman–Crippen MR) is 150 cm³/mol. The molecule has 0 radical (unpaired) electrons. The Morgan fingerprint density at radius 1 is 0.944 bits per heavy atom. The number of anilines is 1. The van der Waals surface area contributed by atoms with Crippen LogP contribution in [0.2, 0.25) is 0 Å². The van der Waals surface area contributed by atoms with Gasteiger partial charge in [0, 0.05) is 32.0 Å². The van der Waals surface area contributed by atoms with Crippen LogP contribution in [0.1, 0.15) is 83.2 Å². The molecule has 36 heavy (non-hydrogen) atoms. The van der Waals surface area contributed by atoms with Crippen molar-refractivity contribution in [3.05, 3.63) is 65.5 Å². The van der Waals surface area contributed by atoms with E-state index in [4.69, 9.17) is 0 Å². The van der Waals surface area contributed by atoms with Crippen molar-refractivity contribution in [1.29, 1.82) is 0 Å². The predicted octanol–water partition coefficient (Wildman–Crippen LogP) is 8.98. The molecule has 0 bridgehead atoms. The molecule has 3 nitrogen and oxygen atoms in total. The third-order valence-corrected chi connectivity index (χ3v) is 6.80. The molecule has 0 unspecified atom stereocenters. The molecule has 0 aliphatic heterocycles. The minimum atomic E-state index is -2.72. The number of nitrogens with zero attached hydrogens (tertiary/aromatic N) is 3. The molecule has 1 saturated carbocycles. The lowest BCUT2D eigenvalue weighted by Crippen LogP contribution is -2.12. The standard InChI is InChI=1S/C11H14F2.C11H13N3.C9H18/c1-3-5-9-6-4-7-10(8-9)11(2,12)13;1-8-12-10-7-5-4-6-9(10)11(13-8)14(2)3;1-3-9-6-4-8(2)5-7-9/h4,6-8H,3,5H2,1-2H3;4-7H,1-3H3;8-9H,3-7H2,1-2H3. The number of hydrogen-bond acceptors (Lipinski definition) is 3. The summed E-state index contributed by atoms with van der Waals surface area (Å²) in [5, 5.41) is 1.10. The zero-order valence-electron chi connectivity index (χ0n) is 23.3. The van der Waals surface area contributed by atoms with Crippen LogP contribution in [-0.4, -0.2) is 24.1 Å². The van der Waals surface area contributed by atoms with Crippen molar-refractivity contribution in [2.75, 3.05) is 19.0 Å². The maximum atomic E-state index is 12.9. The number of hydrogen-bond donors (Lipinski definition) is 0. The molecule has 1 fully saturated rings. The molecule has 198 valence electrons. The Hall–Kier alpha value is -2.56. The Labute approximate surface area is 217 Å². The van der Waals surface area contributed by atoms with E-state index in [0.29, 0.717) is 0 Å². The topological polar surface area (TPSA) is 29.0 Å². The zero-order valence-corrected chi connectivity index (χ0v) is 23.3. The van der Waals surface area contributed by atoms with E-state index >= 15 is 0 Å². The fraction of sp³-hybridized carbons (Fsp3) is 0.548. The molecule has 5 heteroatoms. The van der Waals surface area contributed by atoms with Gasteiger partial charge in [-0.2, -0.15) is 0 Å². The van der Waals surface area contributed by atoms with Crippen LogP contribution in [0.15, 0.2) is 48.5 Å². The van der Waals surface area contributed by atoms with E-state index in [1.165, 1.54) is 38.2 Å². The van der Waals surface area contributed by atoms with E-state index in [9.17, 15) is 8.78 Å². The number of aryl methyl sites for hydroxylation is 2. The molecule has 3 aromatic rings. The van der Waals surface area contributed by atoms with Crippen LogP contribution >= 0.6 is 0 Å². The largest absolute Gasteiger partial charge is 0.362 e. The molecule has 1 aliphatic carbocycles. The van der Waals surface area contributed by atoms with Gasteiger partial charge in [-0.3, -0.25) is 0 Å². The van der Waals surface area contributed by atoms with Crippen LogP contribution in [0.5, 0.6) is 0 Å². The van der Waals surface area contributed by atoms with Crippen molar-refractivity contribution in [3.63, 3.8) is 0 Å². The van der Waals surface area contributed by atoms with E-state index in [2.05, 4.69) is 23.8 Å². The molecule has 2 aromatic carbocycles. The Morgan fingerprint density at radius 2 is 1.61 bits per heavy atom. The number of alkyl halides is 2. The van der Waals surface area contributed by atoms with Gasteiger partial charge in [0.1, 0.15) is 11.6 Å². The molecule has 4 rings (SSSR count). The molecular weight excluding hydrogens is 452 g/mol. The Morgan fingerprint density at radius 3 is 2.19 bits per heavy atom. The summed E-state index contributed by atoms with van der Waals surface area (Å²) in [6, 6.07) is 14.7. The van der Waals surface area contributed by atoms with Crippen LogP contribution in [0.3, 0.4) is 0 Å². The van der Waals surface area contributed by atoms with Crippen molar-refractivity contribution in [1.82, 2.24) is 9.97 Å². The molecule has 0 atom stereocenters. The molecule has 1 aliphatic rings. The van der Waals surface area contributed by atoms with Gasteiger partial charge in [-0.25, -0.2) is 18.7 Å². The summed E-state index contributed by atoms with van der Waals surface area (Å²) < 4.78 is 25.7. The van der Waals surface area contributed by atoms with E-state index in [0.717, 1.165) is 59.7 Å². The Kier molecular flexibility index (Phi) is 11.7. The Bertz CT molecular complexity index is 1050. The highest BCUT2D eigenvalue weighted by Crippen LogP contribution is 2.30. The maximum absolute atomic E-state index is 12.9. The number of halogens is 2. The average molecular weight is 498 g/mol. The first-order chi connectivity index (χ1) is 17.0. The van der Waals surface area contributed by atoms with Crippen molar-refractivity contribution in [3.8, 4) is 0 Å². The smallest absolute Gasteiger partial charge is 0.270 e. The quantitative estimate of drug-likeness (QED) is 0.352. The molecule has 0 saturated heterocycles. The van der Waals surface area contributed by atoms with E-state index in [1.54, 1.807) is 12.1 Å². The molecular formula is C31H45F2N3. The summed E-state index contributed by atoms with van der Waals surface area (Å²) in [6.45, 7) is 9.58. The van der Waals surface area contributed by atoms with Gasteiger partial charge in [0.2, 0.25) is 0 Å². The van der Waals surface area contributed by atoms with Crippen LogP contribution < -0.4 is 4.90 Å². The lowest BCUT2D eigenvalue weighted by Gasteiger charge is -2.24. The van der Waals surface area contributed by atoms with Gasteiger partial charge < -0.3 is 4.90 Å². The second-order valence-electron chi connectivity index (χ2n) is 10.4. The van der Waals surface area contributed by atoms with Crippen molar-refractivity contribution >= 4 is 16.7 Å². The van der Waals surface area contributed by atoms with Gasteiger partial charge in [-0.05, 0) is 48.9 Å². The molecule has 1 aromatic heterocycles. The lowest BCUT2D eigenvalue weighted by atomic mass is 9.82. The fourth-order valence-corrected chi connectivity index (χ4v) is 4.54. The van der Waals surface area contributed by atoms with Crippen LogP contribution in [0.25, 0.3) is 10.9 Å². The van der Waals surface area contributed by atoms with Crippen molar-refractivity contribution < 1.29 is 8.78 Å². The maximum Gasteiger partial charge on any atom is 0.270 e. The molecule has 0 N–H and O–H groups in total. The molecule has 1 heterocycles. The van der Waals surface area contributed by atoms with Gasteiger partial charge in [0.15, 0.2) is 0 Å². The summed E-state index contributed by atoms with van der Waals surface area (Å²) >= 11 is 0. The second kappa shape index (κ2) is 14.2. The van der Waals surface area contributed by atoms with E-state index < -0.39 is 5.92 Å². The minimum absolute atomic E-state index is 0.110. The normalized spacial score (nSPS) is 17.5. The third kappa shape index (κ3) is 9.48. The van der Waals surface area contributed by atoms with Gasteiger partial charge in [-0.15, -0.1) is 0 Å². The van der Waals surface area contributed by atoms with Gasteiger partial charge in [-0.1, -0.05) is 89.6 Å². The van der Waals surface area contributed by atoms with Crippen LogP contribution in [0.4, 0.5) is 14.6 Å². The highest BCUT2D eigenvalue weighted by Gasteiger charge is 2.23. The van der Waals surface area contributed by atoms with Crippen molar-refractivity contribution in [2.45, 2.75) is 85.5 Å². The number of fused-ring (bicyclic) bond motifs is 1. The van der Waals surface area contributed by atoms with Gasteiger partial charge in [0.05, 0.1) is 5.52 Å². The van der Waals surface area contributed by atoms with Crippen LogP contribution in [-0.2, 0) is 12.3 Å². The minimum Gasteiger partial charge on any atom is -0.362 e. The molecule has 0 spiro atoms. The summed E-state index contributed by atoms with van der Waals surface area (Å²) in [5.74, 6) is 1.17. The third-order valence-electron chi connectivity index (χ3n) is 6.80. The number of aromatic nitrogens is 2. The summed E-state index contributed by atoms with van der Waals surface area (Å²) in [7, 11) is 3.99. The van der Waals surface area contributed by atoms with Crippen LogP contribution in [0, 0.1) is 18.8 Å². The fourth-order valence-electron chi connectivity index (χ4n) is 4.54. The van der Waals surface area contributed by atoms with E-state index in [1.807, 2.05) is 63.2 Å². The number of rotatable bonds is 5. The highest BCUT2D eigenvalue weighted by atomic mass is 19.3. The zero-order chi connectivity index (χ0) is 26.7. The first kappa shape index (κ1) is 29.7. The lowest BCUT2D eigenvalue weighted by molar-refractivity contribution is 0.0174. The number of para-hydroxylation sites is 1. The van der Waals surface area contributed by atoms with Gasteiger partial charge >= 0.3 is 0 Å². The summed E-state index contributed by atoms with van der Waals surface area (Å²) in [6.07, 6.45) is 9.22. The first-order valence-electron chi connectivity index (χ1n) is 13.4. The average Bonchev–Trinajstić information content (AvgIpc) is 2.84. The van der Waals surface area contributed by atoms with Gasteiger partial charge in [0.25, 0.3) is 5.92 Å². The monoisotopic (exact) mass is 497 g/mol. The first-order valence-corrected chi connectivity index (χ1v) is 13.4. The van der Waals surface area contributed by atoms with Crippen molar-refractivity contribution in [2.24, 2.45) is 11.8 Å².